The van der Waals surface area contributed by atoms with Gasteiger partial charge in [-0.25, -0.2) is 0 Å². The molecule has 0 N–H and O–H groups in total. The molecule has 0 aliphatic rings. The minimum atomic E-state index is 0.405. The van der Waals surface area contributed by atoms with E-state index < -0.39 is 0 Å². The zero-order valence-electron chi connectivity index (χ0n) is 12.0. The molecule has 0 amide bonds. The van der Waals surface area contributed by atoms with Crippen LogP contribution in [0, 0.1) is 11.3 Å². The zero-order valence-corrected chi connectivity index (χ0v) is 15.0. The first-order valence-electron chi connectivity index (χ1n) is 6.79. The van der Waals surface area contributed by atoms with Crippen molar-refractivity contribution in [1.82, 2.24) is 4.98 Å². The van der Waals surface area contributed by atoms with Gasteiger partial charge in [0.1, 0.15) is 6.07 Å². The van der Waals surface area contributed by atoms with Crippen LogP contribution in [0.15, 0.2) is 48.7 Å². The summed E-state index contributed by atoms with van der Waals surface area (Å²) in [5, 5.41) is 11.5. The van der Waals surface area contributed by atoms with E-state index in [1.165, 1.54) is 0 Å². The number of halogens is 4. The average molecular weight is 394 g/mol. The van der Waals surface area contributed by atoms with E-state index in [2.05, 4.69) is 11.1 Å². The van der Waals surface area contributed by atoms with Gasteiger partial charge in [0.2, 0.25) is 0 Å². The van der Waals surface area contributed by atoms with Gasteiger partial charge in [0.15, 0.2) is 0 Å². The van der Waals surface area contributed by atoms with E-state index in [1.807, 2.05) is 0 Å². The van der Waals surface area contributed by atoms with Crippen LogP contribution in [0.4, 0.5) is 0 Å². The smallest absolute Gasteiger partial charge is 0.101 e. The summed E-state index contributed by atoms with van der Waals surface area (Å²) in [6.45, 7) is 0. The molecule has 3 rings (SSSR count). The number of nitrogens with zero attached hydrogens (tertiary/aromatic N) is 2. The van der Waals surface area contributed by atoms with E-state index in [4.69, 9.17) is 46.4 Å². The van der Waals surface area contributed by atoms with Crippen molar-refractivity contribution in [2.24, 2.45) is 0 Å². The van der Waals surface area contributed by atoms with Crippen LogP contribution in [0.1, 0.15) is 5.56 Å². The summed E-state index contributed by atoms with van der Waals surface area (Å²) < 4.78 is 0. The maximum Gasteiger partial charge on any atom is 0.101 e. The fourth-order valence-electron chi connectivity index (χ4n) is 2.35. The number of hydrogen-bond donors (Lipinski definition) is 0. The lowest BCUT2D eigenvalue weighted by molar-refractivity contribution is 1.30. The largest absolute Gasteiger partial charge is 0.254 e. The van der Waals surface area contributed by atoms with Gasteiger partial charge in [0, 0.05) is 37.4 Å². The molecule has 1 heterocycles. The number of benzene rings is 2. The van der Waals surface area contributed by atoms with Crippen LogP contribution in [0.3, 0.4) is 0 Å². The second-order valence-electron chi connectivity index (χ2n) is 5.05. The van der Waals surface area contributed by atoms with Gasteiger partial charge in [0.05, 0.1) is 11.3 Å². The lowest BCUT2D eigenvalue weighted by Gasteiger charge is -2.08. The van der Waals surface area contributed by atoms with Crippen molar-refractivity contribution in [3.8, 4) is 28.5 Å². The average Bonchev–Trinajstić information content (AvgIpc) is 2.52. The molecular formula is C18H8Cl4N2. The molecule has 0 aliphatic heterocycles. The number of rotatable bonds is 2. The van der Waals surface area contributed by atoms with E-state index in [-0.39, 0.29) is 0 Å². The lowest BCUT2D eigenvalue weighted by Crippen LogP contribution is -1.91. The third-order valence-corrected chi connectivity index (χ3v) is 4.21. The molecule has 2 nitrogen and oxygen atoms in total. The first-order chi connectivity index (χ1) is 11.5. The third-order valence-electron chi connectivity index (χ3n) is 3.34. The zero-order chi connectivity index (χ0) is 17.3. The molecule has 0 unspecified atom stereocenters. The molecule has 6 heteroatoms. The van der Waals surface area contributed by atoms with Gasteiger partial charge in [-0.2, -0.15) is 5.26 Å². The summed E-state index contributed by atoms with van der Waals surface area (Å²) in [5.41, 5.74) is 3.13. The van der Waals surface area contributed by atoms with Crippen LogP contribution < -0.4 is 0 Å². The third kappa shape index (κ3) is 3.66. The summed E-state index contributed by atoms with van der Waals surface area (Å²) in [5.74, 6) is 0. The normalized spacial score (nSPS) is 10.5. The molecule has 0 fully saturated rings. The van der Waals surface area contributed by atoms with Crippen LogP contribution in [-0.2, 0) is 0 Å². The molecule has 24 heavy (non-hydrogen) atoms. The van der Waals surface area contributed by atoms with Crippen molar-refractivity contribution in [3.05, 3.63) is 74.3 Å². The Morgan fingerprint density at radius 2 is 1.17 bits per heavy atom. The first-order valence-corrected chi connectivity index (χ1v) is 8.30. The van der Waals surface area contributed by atoms with Crippen LogP contribution in [0.25, 0.3) is 22.4 Å². The fourth-order valence-corrected chi connectivity index (χ4v) is 3.40. The quantitative estimate of drug-likeness (QED) is 0.474. The minimum absolute atomic E-state index is 0.405. The Hall–Kier alpha value is -1.76. The van der Waals surface area contributed by atoms with E-state index in [0.717, 1.165) is 11.1 Å². The van der Waals surface area contributed by atoms with Crippen molar-refractivity contribution in [3.63, 3.8) is 0 Å². The van der Waals surface area contributed by atoms with Gasteiger partial charge in [0.25, 0.3) is 0 Å². The number of nitriles is 1. The van der Waals surface area contributed by atoms with E-state index in [1.54, 1.807) is 48.7 Å². The lowest BCUT2D eigenvalue weighted by atomic mass is 10.0. The Morgan fingerprint density at radius 1 is 0.667 bits per heavy atom. The number of aromatic nitrogens is 1. The Labute approximate surface area is 159 Å². The Morgan fingerprint density at radius 3 is 1.67 bits per heavy atom. The van der Waals surface area contributed by atoms with Crippen molar-refractivity contribution in [2.45, 2.75) is 0 Å². The van der Waals surface area contributed by atoms with Crippen LogP contribution in [0.5, 0.6) is 0 Å². The molecule has 0 bridgehead atoms. The summed E-state index contributed by atoms with van der Waals surface area (Å²) in [7, 11) is 0. The molecule has 0 saturated heterocycles. The van der Waals surface area contributed by atoms with Crippen LogP contribution in [0.2, 0.25) is 20.1 Å². The van der Waals surface area contributed by atoms with Gasteiger partial charge in [-0.05, 0) is 48.0 Å². The van der Waals surface area contributed by atoms with Gasteiger partial charge >= 0.3 is 0 Å². The summed E-state index contributed by atoms with van der Waals surface area (Å²) in [6, 6.07) is 14.1. The maximum absolute atomic E-state index is 9.49. The highest BCUT2D eigenvalue weighted by Crippen LogP contribution is 2.32. The maximum atomic E-state index is 9.49. The van der Waals surface area contributed by atoms with E-state index in [0.29, 0.717) is 36.9 Å². The first kappa shape index (κ1) is 17.1. The van der Waals surface area contributed by atoms with Crippen LogP contribution in [-0.4, -0.2) is 4.98 Å². The van der Waals surface area contributed by atoms with Gasteiger partial charge in [-0.15, -0.1) is 0 Å². The Kier molecular flexibility index (Phi) is 4.99. The molecule has 0 radical (unpaired) electrons. The molecule has 1 aromatic heterocycles. The molecule has 118 valence electrons. The predicted octanol–water partition coefficient (Wildman–Crippen LogP) is 6.90. The van der Waals surface area contributed by atoms with Crippen molar-refractivity contribution in [2.75, 3.05) is 0 Å². The van der Waals surface area contributed by atoms with Crippen molar-refractivity contribution in [1.29, 1.82) is 5.26 Å². The van der Waals surface area contributed by atoms with Crippen molar-refractivity contribution < 1.29 is 0 Å². The van der Waals surface area contributed by atoms with Crippen molar-refractivity contribution >= 4 is 46.4 Å². The highest BCUT2D eigenvalue weighted by Gasteiger charge is 2.11. The van der Waals surface area contributed by atoms with E-state index in [9.17, 15) is 5.26 Å². The molecule has 0 aliphatic carbocycles. The Bertz CT molecular complexity index is 937. The Balaban J connectivity index is 2.13. The summed E-state index contributed by atoms with van der Waals surface area (Å²) >= 11 is 24.1. The molecule has 0 atom stereocenters. The predicted molar refractivity (Wildman–Crippen MR) is 99.9 cm³/mol. The highest BCUT2D eigenvalue weighted by molar-refractivity contribution is 6.35. The monoisotopic (exact) mass is 392 g/mol. The fraction of sp³-hybridized carbons (Fsp3) is 0. The van der Waals surface area contributed by atoms with Gasteiger partial charge < -0.3 is 0 Å². The second kappa shape index (κ2) is 7.01. The number of pyridine rings is 1. The molecule has 2 aromatic carbocycles. The molecule has 0 saturated carbocycles. The SMILES string of the molecule is N#Cc1cc(-c2cc(Cl)cc(Cl)c2)cnc1-c1cc(Cl)cc(Cl)c1. The summed E-state index contributed by atoms with van der Waals surface area (Å²) in [4.78, 5) is 4.41. The second-order valence-corrected chi connectivity index (χ2v) is 6.79. The molecular weight excluding hydrogens is 386 g/mol. The number of hydrogen-bond acceptors (Lipinski definition) is 2. The van der Waals surface area contributed by atoms with Gasteiger partial charge in [-0.1, -0.05) is 46.4 Å². The summed E-state index contributed by atoms with van der Waals surface area (Å²) in [6.07, 6.45) is 1.66. The molecule has 0 spiro atoms. The minimum Gasteiger partial charge on any atom is -0.254 e. The highest BCUT2D eigenvalue weighted by atomic mass is 35.5. The standard InChI is InChI=1S/C18H8Cl4N2/c19-14-2-10(3-15(20)6-14)13-1-12(8-23)18(24-9-13)11-4-16(21)7-17(22)5-11/h1-7,9H. The van der Waals surface area contributed by atoms with Gasteiger partial charge in [-0.3, -0.25) is 4.98 Å². The van der Waals surface area contributed by atoms with Crippen LogP contribution >= 0.6 is 46.4 Å². The topological polar surface area (TPSA) is 36.7 Å². The van der Waals surface area contributed by atoms with E-state index >= 15 is 0 Å². The molecule has 3 aromatic rings.